The summed E-state index contributed by atoms with van der Waals surface area (Å²) in [6.07, 6.45) is 2.92. The molecule has 0 radical (unpaired) electrons. The van der Waals surface area contributed by atoms with Crippen molar-refractivity contribution in [1.82, 2.24) is 5.43 Å². The normalized spacial score (nSPS) is 12.5. The SMILES string of the molecule is C=Cc1ccccc1/C(=N\NC)c1ccc(NC(=C)C(N)=CC(F)=NC)cc1. The molecule has 0 aliphatic heterocycles. The van der Waals surface area contributed by atoms with Gasteiger partial charge in [-0.3, -0.25) is 4.99 Å². The quantitative estimate of drug-likeness (QED) is 0.369. The number of rotatable bonds is 8. The molecular weight excluding hydrogens is 353 g/mol. The number of halogens is 1. The van der Waals surface area contributed by atoms with E-state index in [-0.39, 0.29) is 5.70 Å². The van der Waals surface area contributed by atoms with Crippen LogP contribution in [-0.2, 0) is 0 Å². The number of anilines is 1. The van der Waals surface area contributed by atoms with Crippen molar-refractivity contribution >= 4 is 23.4 Å². The summed E-state index contributed by atoms with van der Waals surface area (Å²) in [5.74, 6) is -0.662. The Hall–Kier alpha value is -3.67. The zero-order valence-corrected chi connectivity index (χ0v) is 16.0. The number of nitrogens with one attached hydrogen (secondary N) is 2. The number of allylic oxidation sites excluding steroid dienone is 1. The minimum absolute atomic E-state index is 0.171. The van der Waals surface area contributed by atoms with E-state index in [1.165, 1.54) is 7.05 Å². The number of nitrogens with two attached hydrogens (primary N) is 1. The lowest BCUT2D eigenvalue weighted by molar-refractivity contribution is 0.808. The van der Waals surface area contributed by atoms with Gasteiger partial charge in [0.1, 0.15) is 0 Å². The van der Waals surface area contributed by atoms with Gasteiger partial charge in [0, 0.05) is 37.0 Å². The molecule has 0 aliphatic rings. The fourth-order valence-electron chi connectivity index (χ4n) is 2.52. The van der Waals surface area contributed by atoms with Crippen molar-refractivity contribution in [2.45, 2.75) is 0 Å². The second-order valence-corrected chi connectivity index (χ2v) is 5.80. The van der Waals surface area contributed by atoms with E-state index in [4.69, 9.17) is 5.73 Å². The molecule has 0 aromatic heterocycles. The van der Waals surface area contributed by atoms with Crippen LogP contribution in [0.1, 0.15) is 16.7 Å². The first-order chi connectivity index (χ1) is 13.5. The monoisotopic (exact) mass is 377 g/mol. The van der Waals surface area contributed by atoms with Crippen molar-refractivity contribution in [3.8, 4) is 0 Å². The first-order valence-electron chi connectivity index (χ1n) is 8.62. The lowest BCUT2D eigenvalue weighted by Crippen LogP contribution is -2.11. The van der Waals surface area contributed by atoms with Crippen LogP contribution in [0.15, 0.2) is 89.3 Å². The second kappa shape index (κ2) is 9.87. The summed E-state index contributed by atoms with van der Waals surface area (Å²) in [5.41, 5.74) is 13.7. The number of aliphatic imine (C=N–C) groups is 1. The molecule has 144 valence electrons. The number of hydrogen-bond donors (Lipinski definition) is 3. The van der Waals surface area contributed by atoms with E-state index < -0.39 is 5.97 Å². The van der Waals surface area contributed by atoms with Gasteiger partial charge in [0.25, 0.3) is 0 Å². The Bertz CT molecular complexity index is 940. The Morgan fingerprint density at radius 2 is 1.82 bits per heavy atom. The largest absolute Gasteiger partial charge is 0.397 e. The predicted molar refractivity (Wildman–Crippen MR) is 117 cm³/mol. The third-order valence-corrected chi connectivity index (χ3v) is 3.95. The van der Waals surface area contributed by atoms with E-state index in [2.05, 4.69) is 34.0 Å². The Morgan fingerprint density at radius 1 is 1.14 bits per heavy atom. The molecule has 0 saturated heterocycles. The topological polar surface area (TPSA) is 74.8 Å². The van der Waals surface area contributed by atoms with Gasteiger partial charge in [-0.2, -0.15) is 9.49 Å². The Morgan fingerprint density at radius 3 is 2.43 bits per heavy atom. The number of nitrogens with zero attached hydrogens (tertiary/aromatic N) is 2. The Balaban J connectivity index is 2.27. The smallest absolute Gasteiger partial charge is 0.210 e. The number of hydrogen-bond acceptors (Lipinski definition) is 5. The summed E-state index contributed by atoms with van der Waals surface area (Å²) in [4.78, 5) is 3.41. The van der Waals surface area contributed by atoms with Crippen LogP contribution in [0.5, 0.6) is 0 Å². The van der Waals surface area contributed by atoms with Crippen LogP contribution in [0.25, 0.3) is 6.08 Å². The van der Waals surface area contributed by atoms with Gasteiger partial charge in [0.15, 0.2) is 0 Å². The summed E-state index contributed by atoms with van der Waals surface area (Å²) in [6.45, 7) is 7.69. The highest BCUT2D eigenvalue weighted by Gasteiger charge is 2.11. The molecular formula is C22H24FN5. The maximum atomic E-state index is 13.2. The molecule has 2 rings (SSSR count). The molecule has 28 heavy (non-hydrogen) atoms. The molecule has 2 aromatic rings. The van der Waals surface area contributed by atoms with E-state index in [0.717, 1.165) is 34.2 Å². The zero-order chi connectivity index (χ0) is 20.5. The highest BCUT2D eigenvalue weighted by molar-refractivity contribution is 6.14. The zero-order valence-electron chi connectivity index (χ0n) is 16.0. The van der Waals surface area contributed by atoms with E-state index in [1.807, 2.05) is 48.5 Å². The molecule has 0 atom stereocenters. The number of hydrazone groups is 1. The van der Waals surface area contributed by atoms with Gasteiger partial charge >= 0.3 is 0 Å². The molecule has 0 heterocycles. The summed E-state index contributed by atoms with van der Waals surface area (Å²) in [7, 11) is 3.10. The molecule has 2 aromatic carbocycles. The highest BCUT2D eigenvalue weighted by atomic mass is 19.1. The van der Waals surface area contributed by atoms with Gasteiger partial charge in [-0.25, -0.2) is 0 Å². The highest BCUT2D eigenvalue weighted by Crippen LogP contribution is 2.19. The molecule has 0 saturated carbocycles. The van der Waals surface area contributed by atoms with Crippen LogP contribution in [-0.4, -0.2) is 25.8 Å². The van der Waals surface area contributed by atoms with Gasteiger partial charge in [0.2, 0.25) is 5.97 Å². The average molecular weight is 377 g/mol. The van der Waals surface area contributed by atoms with E-state index in [0.29, 0.717) is 5.70 Å². The Kier molecular flexibility index (Phi) is 7.28. The lowest BCUT2D eigenvalue weighted by Gasteiger charge is -2.13. The fourth-order valence-corrected chi connectivity index (χ4v) is 2.52. The third kappa shape index (κ3) is 5.17. The van der Waals surface area contributed by atoms with Gasteiger partial charge in [0.05, 0.1) is 17.1 Å². The average Bonchev–Trinajstić information content (AvgIpc) is 2.72. The van der Waals surface area contributed by atoms with Gasteiger partial charge in [-0.15, -0.1) is 0 Å². The number of benzene rings is 2. The molecule has 0 fully saturated rings. The minimum Gasteiger partial charge on any atom is -0.397 e. The Labute approximate surface area is 164 Å². The van der Waals surface area contributed by atoms with E-state index >= 15 is 0 Å². The van der Waals surface area contributed by atoms with Gasteiger partial charge in [-0.1, -0.05) is 55.6 Å². The molecule has 5 nitrogen and oxygen atoms in total. The van der Waals surface area contributed by atoms with Crippen LogP contribution in [0.4, 0.5) is 10.1 Å². The van der Waals surface area contributed by atoms with Crippen LogP contribution >= 0.6 is 0 Å². The molecule has 0 spiro atoms. The molecule has 0 unspecified atom stereocenters. The van der Waals surface area contributed by atoms with Crippen LogP contribution in [0, 0.1) is 0 Å². The van der Waals surface area contributed by atoms with Crippen molar-refractivity contribution in [1.29, 1.82) is 0 Å². The fraction of sp³-hybridized carbons (Fsp3) is 0.0909. The molecule has 4 N–H and O–H groups in total. The molecule has 6 heteroatoms. The van der Waals surface area contributed by atoms with E-state index in [9.17, 15) is 4.39 Å². The van der Waals surface area contributed by atoms with Crippen molar-refractivity contribution < 1.29 is 4.39 Å². The van der Waals surface area contributed by atoms with Gasteiger partial charge in [-0.05, 0) is 17.7 Å². The van der Waals surface area contributed by atoms with Crippen LogP contribution < -0.4 is 16.5 Å². The summed E-state index contributed by atoms with van der Waals surface area (Å²) >= 11 is 0. The van der Waals surface area contributed by atoms with Crippen molar-refractivity contribution in [2.24, 2.45) is 15.8 Å². The summed E-state index contributed by atoms with van der Waals surface area (Å²) < 4.78 is 13.2. The third-order valence-electron chi connectivity index (χ3n) is 3.95. The molecule has 0 amide bonds. The van der Waals surface area contributed by atoms with Crippen molar-refractivity contribution in [3.63, 3.8) is 0 Å². The van der Waals surface area contributed by atoms with Crippen LogP contribution in [0.2, 0.25) is 0 Å². The maximum absolute atomic E-state index is 13.2. The molecule has 0 bridgehead atoms. The lowest BCUT2D eigenvalue weighted by atomic mass is 9.97. The van der Waals surface area contributed by atoms with Crippen molar-refractivity contribution in [2.75, 3.05) is 19.4 Å². The standard InChI is InChI=1S/C22H24FN5/c1-5-16-8-6-7-9-19(16)22(28-26-4)17-10-12-18(13-11-17)27-15(2)20(24)14-21(23)25-3/h5-14,26-27H,1-2,24H2,3-4H3/b20-14?,25-21?,28-22-. The van der Waals surface area contributed by atoms with Crippen LogP contribution in [0.3, 0.4) is 0 Å². The summed E-state index contributed by atoms with van der Waals surface area (Å²) in [5, 5.41) is 7.48. The molecule has 0 aliphatic carbocycles. The van der Waals surface area contributed by atoms with Crippen molar-refractivity contribution in [3.05, 3.63) is 95.8 Å². The predicted octanol–water partition coefficient (Wildman–Crippen LogP) is 4.07. The van der Waals surface area contributed by atoms with E-state index in [1.54, 1.807) is 13.1 Å². The second-order valence-electron chi connectivity index (χ2n) is 5.80. The first kappa shape index (κ1) is 20.6. The summed E-state index contributed by atoms with van der Waals surface area (Å²) in [6, 6.07) is 15.5. The minimum atomic E-state index is -0.662. The van der Waals surface area contributed by atoms with Gasteiger partial charge < -0.3 is 16.5 Å². The maximum Gasteiger partial charge on any atom is 0.210 e. The first-order valence-corrected chi connectivity index (χ1v) is 8.62.